The van der Waals surface area contributed by atoms with Crippen LogP contribution in [-0.2, 0) is 9.63 Å². The van der Waals surface area contributed by atoms with E-state index in [4.69, 9.17) is 4.84 Å². The van der Waals surface area contributed by atoms with Crippen LogP contribution in [0.3, 0.4) is 0 Å². The number of hydroxylamine groups is 2. The molecule has 0 aromatic heterocycles. The SMILES string of the molecule is O=C(c1ccc(C2CCCC3CON(O)C32)cc1)N1CCN(C(=O)C2(O)CC2)CC1. The van der Waals surface area contributed by atoms with Gasteiger partial charge in [-0.1, -0.05) is 23.8 Å². The van der Waals surface area contributed by atoms with Crippen molar-refractivity contribution >= 4 is 11.8 Å². The molecule has 0 bridgehead atoms. The summed E-state index contributed by atoms with van der Waals surface area (Å²) in [5.41, 5.74) is 0.614. The summed E-state index contributed by atoms with van der Waals surface area (Å²) in [5.74, 6) is 0.317. The zero-order chi connectivity index (χ0) is 20.9. The summed E-state index contributed by atoms with van der Waals surface area (Å²) >= 11 is 0. The van der Waals surface area contributed by atoms with Crippen LogP contribution in [0.2, 0.25) is 0 Å². The maximum Gasteiger partial charge on any atom is 0.254 e. The zero-order valence-corrected chi connectivity index (χ0v) is 17.1. The van der Waals surface area contributed by atoms with Crippen LogP contribution in [0.25, 0.3) is 0 Å². The largest absolute Gasteiger partial charge is 0.380 e. The molecule has 8 heteroatoms. The number of aliphatic hydroxyl groups is 1. The molecular formula is C22H29N3O5. The molecule has 8 nitrogen and oxygen atoms in total. The Kier molecular flexibility index (Phi) is 5.05. The number of hydrogen-bond acceptors (Lipinski definition) is 6. The lowest BCUT2D eigenvalue weighted by Crippen LogP contribution is -2.53. The third-order valence-corrected chi connectivity index (χ3v) is 7.22. The first-order chi connectivity index (χ1) is 14.5. The van der Waals surface area contributed by atoms with Crippen molar-refractivity contribution < 1.29 is 24.7 Å². The van der Waals surface area contributed by atoms with E-state index in [1.165, 1.54) is 0 Å². The van der Waals surface area contributed by atoms with Crippen LogP contribution in [0, 0.1) is 5.92 Å². The van der Waals surface area contributed by atoms with E-state index < -0.39 is 5.60 Å². The number of benzene rings is 1. The second-order valence-electron chi connectivity index (χ2n) is 9.12. The fraction of sp³-hybridized carbons (Fsp3) is 0.636. The summed E-state index contributed by atoms with van der Waals surface area (Å²) in [7, 11) is 0. The predicted molar refractivity (Wildman–Crippen MR) is 107 cm³/mol. The number of nitrogens with zero attached hydrogens (tertiary/aromatic N) is 3. The van der Waals surface area contributed by atoms with Gasteiger partial charge in [-0.3, -0.25) is 19.6 Å². The van der Waals surface area contributed by atoms with Crippen molar-refractivity contribution in [3.05, 3.63) is 35.4 Å². The average Bonchev–Trinajstić information content (AvgIpc) is 3.43. The quantitative estimate of drug-likeness (QED) is 0.775. The Bertz CT molecular complexity index is 815. The summed E-state index contributed by atoms with van der Waals surface area (Å²) in [6, 6.07) is 7.70. The topological polar surface area (TPSA) is 93.5 Å². The second kappa shape index (κ2) is 7.60. The maximum atomic E-state index is 12.9. The van der Waals surface area contributed by atoms with Gasteiger partial charge in [0, 0.05) is 43.6 Å². The third-order valence-electron chi connectivity index (χ3n) is 7.22. The van der Waals surface area contributed by atoms with Crippen LogP contribution in [0.5, 0.6) is 0 Å². The molecule has 2 saturated heterocycles. The van der Waals surface area contributed by atoms with Gasteiger partial charge in [-0.05, 0) is 43.4 Å². The van der Waals surface area contributed by atoms with E-state index >= 15 is 0 Å². The molecule has 162 valence electrons. The maximum absolute atomic E-state index is 12.9. The fourth-order valence-electron chi connectivity index (χ4n) is 5.20. The van der Waals surface area contributed by atoms with Crippen molar-refractivity contribution in [1.82, 2.24) is 15.0 Å². The van der Waals surface area contributed by atoms with Crippen LogP contribution < -0.4 is 0 Å². The number of fused-ring (bicyclic) bond motifs is 1. The Labute approximate surface area is 175 Å². The molecule has 3 unspecified atom stereocenters. The first kappa shape index (κ1) is 19.9. The van der Waals surface area contributed by atoms with Crippen molar-refractivity contribution in [2.75, 3.05) is 32.8 Å². The minimum atomic E-state index is -1.14. The molecule has 2 amide bonds. The van der Waals surface area contributed by atoms with E-state index in [-0.39, 0.29) is 23.8 Å². The molecule has 1 aromatic rings. The number of amides is 2. The van der Waals surface area contributed by atoms with Gasteiger partial charge in [0.1, 0.15) is 5.60 Å². The molecule has 5 rings (SSSR count). The molecule has 2 aliphatic heterocycles. The van der Waals surface area contributed by atoms with Crippen LogP contribution in [0.15, 0.2) is 24.3 Å². The van der Waals surface area contributed by atoms with E-state index in [9.17, 15) is 19.9 Å². The standard InChI is InChI=1S/C22H29N3O5/c26-20(23-10-12-24(13-11-23)21(27)22(28)8-9-22)16-6-4-15(5-7-16)18-3-1-2-17-14-30-25(29)19(17)18/h4-7,17-19,28-29H,1-3,8-14H2. The highest BCUT2D eigenvalue weighted by Gasteiger charge is 2.50. The minimum absolute atomic E-state index is 0.0211. The van der Waals surface area contributed by atoms with Gasteiger partial charge in [0.15, 0.2) is 0 Å². The van der Waals surface area contributed by atoms with Gasteiger partial charge in [-0.15, -0.1) is 0 Å². The third kappa shape index (κ3) is 3.51. The molecule has 2 N–H and O–H groups in total. The molecule has 2 heterocycles. The van der Waals surface area contributed by atoms with Gasteiger partial charge in [0.05, 0.1) is 12.6 Å². The molecule has 1 aromatic carbocycles. The van der Waals surface area contributed by atoms with Crippen LogP contribution >= 0.6 is 0 Å². The highest BCUT2D eigenvalue weighted by atomic mass is 16.9. The van der Waals surface area contributed by atoms with Crippen molar-refractivity contribution in [1.29, 1.82) is 0 Å². The lowest BCUT2D eigenvalue weighted by atomic mass is 9.74. The average molecular weight is 415 g/mol. The van der Waals surface area contributed by atoms with Gasteiger partial charge in [-0.2, -0.15) is 0 Å². The predicted octanol–water partition coefficient (Wildman–Crippen LogP) is 1.38. The van der Waals surface area contributed by atoms with Crippen LogP contribution in [-0.4, -0.2) is 81.6 Å². The highest BCUT2D eigenvalue weighted by Crippen LogP contribution is 2.42. The Balaban J connectivity index is 1.22. The number of carbonyl (C=O) groups is 2. The summed E-state index contributed by atoms with van der Waals surface area (Å²) in [5, 5.41) is 21.1. The summed E-state index contributed by atoms with van der Waals surface area (Å²) < 4.78 is 0. The van der Waals surface area contributed by atoms with Crippen molar-refractivity contribution in [2.45, 2.75) is 49.7 Å². The summed E-state index contributed by atoms with van der Waals surface area (Å²) in [6.07, 6.45) is 4.26. The van der Waals surface area contributed by atoms with Crippen molar-refractivity contribution in [3.63, 3.8) is 0 Å². The molecule has 4 fully saturated rings. The zero-order valence-electron chi connectivity index (χ0n) is 17.1. The second-order valence-corrected chi connectivity index (χ2v) is 9.12. The van der Waals surface area contributed by atoms with E-state index in [0.29, 0.717) is 57.1 Å². The smallest absolute Gasteiger partial charge is 0.254 e. The van der Waals surface area contributed by atoms with Crippen LogP contribution in [0.4, 0.5) is 0 Å². The Morgan fingerprint density at radius 1 is 1.00 bits per heavy atom. The first-order valence-corrected chi connectivity index (χ1v) is 11.0. The number of hydrogen-bond donors (Lipinski definition) is 2. The molecule has 4 aliphatic rings. The fourth-order valence-corrected chi connectivity index (χ4v) is 5.20. The van der Waals surface area contributed by atoms with Gasteiger partial charge in [-0.25, -0.2) is 0 Å². The molecule has 0 radical (unpaired) electrons. The van der Waals surface area contributed by atoms with Crippen molar-refractivity contribution in [3.8, 4) is 0 Å². The molecule has 2 saturated carbocycles. The Morgan fingerprint density at radius 2 is 1.67 bits per heavy atom. The molecule has 3 atom stereocenters. The Morgan fingerprint density at radius 3 is 2.33 bits per heavy atom. The Hall–Kier alpha value is -2.00. The first-order valence-electron chi connectivity index (χ1n) is 11.0. The van der Waals surface area contributed by atoms with Gasteiger partial charge in [0.25, 0.3) is 11.8 Å². The van der Waals surface area contributed by atoms with E-state index in [0.717, 1.165) is 30.1 Å². The lowest BCUT2D eigenvalue weighted by molar-refractivity contribution is -0.330. The van der Waals surface area contributed by atoms with E-state index in [1.807, 2.05) is 24.3 Å². The summed E-state index contributed by atoms with van der Waals surface area (Å²) in [6.45, 7) is 2.45. The van der Waals surface area contributed by atoms with Gasteiger partial charge >= 0.3 is 0 Å². The van der Waals surface area contributed by atoms with Gasteiger partial charge in [0.2, 0.25) is 0 Å². The number of carbonyl (C=O) groups excluding carboxylic acids is 2. The van der Waals surface area contributed by atoms with Crippen molar-refractivity contribution in [2.24, 2.45) is 5.92 Å². The molecular weight excluding hydrogens is 386 g/mol. The highest BCUT2D eigenvalue weighted by molar-refractivity contribution is 5.94. The molecule has 0 spiro atoms. The van der Waals surface area contributed by atoms with E-state index in [1.54, 1.807) is 9.80 Å². The monoisotopic (exact) mass is 415 g/mol. The minimum Gasteiger partial charge on any atom is -0.380 e. The van der Waals surface area contributed by atoms with Crippen LogP contribution in [0.1, 0.15) is 53.9 Å². The lowest BCUT2D eigenvalue weighted by Gasteiger charge is -2.36. The molecule has 30 heavy (non-hydrogen) atoms. The number of rotatable bonds is 3. The molecule has 2 aliphatic carbocycles. The summed E-state index contributed by atoms with van der Waals surface area (Å²) in [4.78, 5) is 33.9. The van der Waals surface area contributed by atoms with E-state index in [2.05, 4.69) is 0 Å². The normalized spacial score (nSPS) is 30.8. The van der Waals surface area contributed by atoms with Gasteiger partial charge < -0.3 is 14.9 Å². The number of piperazine rings is 1.